The van der Waals surface area contributed by atoms with Crippen LogP contribution in [-0.4, -0.2) is 39.4 Å². The number of aromatic nitrogens is 2. The molecule has 4 rings (SSSR count). The summed E-state index contributed by atoms with van der Waals surface area (Å²) in [6.45, 7) is 4.17. The fraction of sp³-hybridized carbons (Fsp3) is 0.375. The highest BCUT2D eigenvalue weighted by atomic mass is 32.1. The average molecular weight is 493 g/mol. The predicted octanol–water partition coefficient (Wildman–Crippen LogP) is 6.17. The minimum atomic E-state index is -4.44. The number of hydrogen-bond donors (Lipinski definition) is 1. The van der Waals surface area contributed by atoms with Crippen LogP contribution in [0.1, 0.15) is 46.4 Å². The van der Waals surface area contributed by atoms with Gasteiger partial charge in [0.15, 0.2) is 0 Å². The van der Waals surface area contributed by atoms with Crippen LogP contribution < -0.4 is 5.32 Å². The van der Waals surface area contributed by atoms with Gasteiger partial charge in [-0.1, -0.05) is 0 Å². The van der Waals surface area contributed by atoms with E-state index in [1.807, 2.05) is 18.7 Å². The number of hydrogen-bond acceptors (Lipinski definition) is 5. The molecule has 3 aromatic rings. The van der Waals surface area contributed by atoms with Crippen LogP contribution in [0.25, 0.3) is 11.3 Å². The van der Waals surface area contributed by atoms with E-state index in [0.29, 0.717) is 28.5 Å². The summed E-state index contributed by atoms with van der Waals surface area (Å²) in [5.41, 5.74) is 0.388. The molecule has 0 bridgehead atoms. The smallest absolute Gasteiger partial charge is 0.368 e. The van der Waals surface area contributed by atoms with Crippen LogP contribution in [0.5, 0.6) is 0 Å². The first-order valence-corrected chi connectivity index (χ1v) is 11.8. The van der Waals surface area contributed by atoms with Crippen molar-refractivity contribution in [3.8, 4) is 11.3 Å². The Kier molecular flexibility index (Phi) is 6.88. The van der Waals surface area contributed by atoms with E-state index < -0.39 is 11.7 Å². The third-order valence-corrected chi connectivity index (χ3v) is 6.88. The Labute approximate surface area is 198 Å². The molecule has 1 fully saturated rings. The quantitative estimate of drug-likeness (QED) is 0.433. The third kappa shape index (κ3) is 5.22. The Hall–Kier alpha value is -3.01. The minimum absolute atomic E-state index is 0.0166. The van der Waals surface area contributed by atoms with Gasteiger partial charge in [-0.3, -0.25) is 4.79 Å². The van der Waals surface area contributed by atoms with E-state index in [2.05, 4.69) is 15.3 Å². The second-order valence-corrected chi connectivity index (χ2v) is 9.58. The van der Waals surface area contributed by atoms with E-state index in [4.69, 9.17) is 0 Å². The lowest BCUT2D eigenvalue weighted by molar-refractivity contribution is -0.137. The van der Waals surface area contributed by atoms with Crippen molar-refractivity contribution in [2.75, 3.05) is 11.9 Å². The predicted molar refractivity (Wildman–Crippen MR) is 123 cm³/mol. The Morgan fingerprint density at radius 3 is 2.56 bits per heavy atom. The van der Waals surface area contributed by atoms with Gasteiger partial charge in [-0.25, -0.2) is 14.4 Å². The summed E-state index contributed by atoms with van der Waals surface area (Å²) < 4.78 is 51.8. The minimum Gasteiger partial charge on any atom is -0.368 e. The Bertz CT molecular complexity index is 1150. The molecule has 2 unspecified atom stereocenters. The lowest BCUT2D eigenvalue weighted by Crippen LogP contribution is -2.51. The molecule has 2 atom stereocenters. The number of amides is 1. The molecule has 1 N–H and O–H groups in total. The summed E-state index contributed by atoms with van der Waals surface area (Å²) in [7, 11) is 0. The van der Waals surface area contributed by atoms with Gasteiger partial charge in [0.2, 0.25) is 0 Å². The number of pyridine rings is 1. The first kappa shape index (κ1) is 24.1. The molecule has 10 heteroatoms. The number of thiazole rings is 1. The van der Waals surface area contributed by atoms with Gasteiger partial charge in [-0.05, 0) is 69.5 Å². The Morgan fingerprint density at radius 2 is 1.91 bits per heavy atom. The normalized spacial score (nSPS) is 18.7. The largest absolute Gasteiger partial charge is 0.417 e. The maximum atomic E-state index is 13.7. The Balaban J connectivity index is 1.55. The zero-order valence-corrected chi connectivity index (χ0v) is 19.5. The molecule has 1 saturated heterocycles. The molecule has 0 saturated carbocycles. The van der Waals surface area contributed by atoms with Crippen molar-refractivity contribution < 1.29 is 22.4 Å². The zero-order valence-electron chi connectivity index (χ0n) is 18.7. The molecule has 0 radical (unpaired) electrons. The second-order valence-electron chi connectivity index (χ2n) is 8.37. The number of halogens is 4. The van der Waals surface area contributed by atoms with Gasteiger partial charge >= 0.3 is 6.18 Å². The van der Waals surface area contributed by atoms with E-state index in [0.717, 1.165) is 36.5 Å². The number of nitrogens with one attached hydrogen (secondary N) is 1. The van der Waals surface area contributed by atoms with E-state index in [1.54, 1.807) is 12.1 Å². The molecule has 2 aromatic heterocycles. The van der Waals surface area contributed by atoms with Gasteiger partial charge < -0.3 is 10.2 Å². The van der Waals surface area contributed by atoms with Crippen molar-refractivity contribution in [2.24, 2.45) is 0 Å². The Morgan fingerprint density at radius 1 is 1.18 bits per heavy atom. The molecule has 5 nitrogen and oxygen atoms in total. The maximum Gasteiger partial charge on any atom is 0.417 e. The van der Waals surface area contributed by atoms with Crippen LogP contribution in [0.3, 0.4) is 0 Å². The van der Waals surface area contributed by atoms with Gasteiger partial charge in [0.05, 0.1) is 16.3 Å². The molecular formula is C24H24F4N4OS. The lowest BCUT2D eigenvalue weighted by atomic mass is 9.95. The van der Waals surface area contributed by atoms with E-state index in [-0.39, 0.29) is 23.8 Å². The van der Waals surface area contributed by atoms with E-state index in [1.165, 1.54) is 29.5 Å². The molecule has 0 aliphatic carbocycles. The van der Waals surface area contributed by atoms with Gasteiger partial charge in [-0.2, -0.15) is 13.2 Å². The summed E-state index contributed by atoms with van der Waals surface area (Å²) in [4.78, 5) is 24.4. The number of piperidine rings is 1. The summed E-state index contributed by atoms with van der Waals surface area (Å²) in [5.74, 6) is -0.195. The molecule has 1 aromatic carbocycles. The van der Waals surface area contributed by atoms with Gasteiger partial charge in [0.1, 0.15) is 16.5 Å². The number of carbonyl (C=O) groups excluding carboxylic acids is 1. The molecule has 1 amide bonds. The first-order valence-electron chi connectivity index (χ1n) is 11.0. The third-order valence-electron chi connectivity index (χ3n) is 5.92. The molecule has 34 heavy (non-hydrogen) atoms. The number of anilines is 1. The number of carbonyl (C=O) groups is 1. The highest BCUT2D eigenvalue weighted by Crippen LogP contribution is 2.33. The van der Waals surface area contributed by atoms with Crippen molar-refractivity contribution in [1.29, 1.82) is 0 Å². The number of benzene rings is 1. The molecular weight excluding hydrogens is 468 g/mol. The van der Waals surface area contributed by atoms with Crippen LogP contribution in [0.2, 0.25) is 0 Å². The first-order chi connectivity index (χ1) is 16.1. The van der Waals surface area contributed by atoms with Gasteiger partial charge in [0.25, 0.3) is 5.91 Å². The van der Waals surface area contributed by atoms with Crippen molar-refractivity contribution in [1.82, 2.24) is 14.9 Å². The topological polar surface area (TPSA) is 58.1 Å². The van der Waals surface area contributed by atoms with Gasteiger partial charge in [-0.15, -0.1) is 11.3 Å². The maximum absolute atomic E-state index is 13.7. The number of rotatable bonds is 5. The molecule has 1 aliphatic rings. The van der Waals surface area contributed by atoms with Crippen LogP contribution in [0, 0.1) is 12.7 Å². The van der Waals surface area contributed by atoms with Crippen LogP contribution in [0.4, 0.5) is 23.4 Å². The highest BCUT2D eigenvalue weighted by Gasteiger charge is 2.35. The standard InChI is InChI=1S/C24H24F4N4OS/c1-14-4-3-5-19(13-30-20-11-8-17(12-29-20)24(26,27)28)32(14)23(33)22-21(31-15(2)34-22)16-6-9-18(25)10-7-16/h6-12,14,19H,3-5,13H2,1-2H3,(H,29,30). The van der Waals surface area contributed by atoms with Crippen LogP contribution >= 0.6 is 11.3 Å². The van der Waals surface area contributed by atoms with Crippen molar-refractivity contribution in [2.45, 2.75) is 51.4 Å². The van der Waals surface area contributed by atoms with Crippen LogP contribution in [0.15, 0.2) is 42.6 Å². The number of nitrogens with zero attached hydrogens (tertiary/aromatic N) is 3. The molecule has 180 valence electrons. The van der Waals surface area contributed by atoms with Gasteiger partial charge in [0, 0.05) is 30.4 Å². The second kappa shape index (κ2) is 9.69. The number of likely N-dealkylation sites (tertiary alicyclic amines) is 1. The number of alkyl halides is 3. The van der Waals surface area contributed by atoms with Crippen molar-refractivity contribution in [3.63, 3.8) is 0 Å². The SMILES string of the molecule is Cc1nc(-c2ccc(F)cc2)c(C(=O)N2C(C)CCCC2CNc2ccc(C(F)(F)F)cn2)s1. The molecule has 0 spiro atoms. The highest BCUT2D eigenvalue weighted by molar-refractivity contribution is 7.14. The summed E-state index contributed by atoms with van der Waals surface area (Å²) in [6, 6.07) is 7.99. The molecule has 1 aliphatic heterocycles. The zero-order chi connectivity index (χ0) is 24.5. The van der Waals surface area contributed by atoms with Crippen molar-refractivity contribution in [3.05, 3.63) is 63.9 Å². The monoisotopic (exact) mass is 492 g/mol. The lowest BCUT2D eigenvalue weighted by Gasteiger charge is -2.40. The van der Waals surface area contributed by atoms with E-state index >= 15 is 0 Å². The van der Waals surface area contributed by atoms with Crippen LogP contribution in [-0.2, 0) is 6.18 Å². The van der Waals surface area contributed by atoms with E-state index in [9.17, 15) is 22.4 Å². The summed E-state index contributed by atoms with van der Waals surface area (Å²) in [5, 5.41) is 3.81. The fourth-order valence-electron chi connectivity index (χ4n) is 4.23. The fourth-order valence-corrected chi connectivity index (χ4v) is 5.12. The summed E-state index contributed by atoms with van der Waals surface area (Å²) in [6.07, 6.45) is -1.10. The average Bonchev–Trinajstić information content (AvgIpc) is 3.19. The summed E-state index contributed by atoms with van der Waals surface area (Å²) >= 11 is 1.30. The number of aryl methyl sites for hydroxylation is 1. The van der Waals surface area contributed by atoms with Crippen molar-refractivity contribution >= 4 is 23.1 Å². The molecule has 3 heterocycles.